The second-order valence-electron chi connectivity index (χ2n) is 4.84. The lowest BCUT2D eigenvalue weighted by atomic mass is 9.87. The first-order chi connectivity index (χ1) is 7.11. The van der Waals surface area contributed by atoms with Gasteiger partial charge in [0.2, 0.25) is 5.91 Å². The standard InChI is InChI=1S/C12H24N2O/c1-10(13)12(15)14(2)9-8-11-6-4-3-5-7-11/h10-11H,3-9,13H2,1-2H3/t10-/m0/s1. The topological polar surface area (TPSA) is 46.3 Å². The van der Waals surface area contributed by atoms with Crippen LogP contribution in [0.2, 0.25) is 0 Å². The summed E-state index contributed by atoms with van der Waals surface area (Å²) in [5.41, 5.74) is 5.55. The summed E-state index contributed by atoms with van der Waals surface area (Å²) in [4.78, 5) is 13.3. The molecule has 0 aliphatic heterocycles. The Morgan fingerprint density at radius 2 is 2.00 bits per heavy atom. The van der Waals surface area contributed by atoms with E-state index in [9.17, 15) is 4.79 Å². The summed E-state index contributed by atoms with van der Waals surface area (Å²) in [7, 11) is 1.86. The van der Waals surface area contributed by atoms with Crippen molar-refractivity contribution in [2.75, 3.05) is 13.6 Å². The van der Waals surface area contributed by atoms with Crippen LogP contribution in [0.15, 0.2) is 0 Å². The monoisotopic (exact) mass is 212 g/mol. The first-order valence-corrected chi connectivity index (χ1v) is 6.12. The Kier molecular flexibility index (Phi) is 5.09. The van der Waals surface area contributed by atoms with Crippen molar-refractivity contribution in [3.63, 3.8) is 0 Å². The van der Waals surface area contributed by atoms with E-state index in [1.165, 1.54) is 32.1 Å². The molecule has 3 nitrogen and oxygen atoms in total. The molecule has 1 saturated carbocycles. The van der Waals surface area contributed by atoms with E-state index < -0.39 is 0 Å². The Hall–Kier alpha value is -0.570. The lowest BCUT2D eigenvalue weighted by Gasteiger charge is -2.25. The number of likely N-dealkylation sites (N-methyl/N-ethyl adjacent to an activating group) is 1. The normalized spacial score (nSPS) is 19.9. The quantitative estimate of drug-likeness (QED) is 0.772. The predicted octanol–water partition coefficient (Wildman–Crippen LogP) is 1.76. The molecule has 88 valence electrons. The lowest BCUT2D eigenvalue weighted by molar-refractivity contribution is -0.131. The zero-order valence-electron chi connectivity index (χ0n) is 10.0. The van der Waals surface area contributed by atoms with Gasteiger partial charge in [0.15, 0.2) is 0 Å². The van der Waals surface area contributed by atoms with Crippen LogP contribution in [0.25, 0.3) is 0 Å². The molecule has 0 saturated heterocycles. The molecule has 1 fully saturated rings. The second kappa shape index (κ2) is 6.11. The Balaban J connectivity index is 2.20. The number of hydrogen-bond acceptors (Lipinski definition) is 2. The molecule has 0 unspecified atom stereocenters. The van der Waals surface area contributed by atoms with Gasteiger partial charge in [0, 0.05) is 13.6 Å². The molecule has 1 aliphatic carbocycles. The molecular formula is C12H24N2O. The van der Waals surface area contributed by atoms with Crippen molar-refractivity contribution in [1.29, 1.82) is 0 Å². The van der Waals surface area contributed by atoms with Crippen molar-refractivity contribution in [2.24, 2.45) is 11.7 Å². The van der Waals surface area contributed by atoms with E-state index in [-0.39, 0.29) is 11.9 Å². The van der Waals surface area contributed by atoms with Gasteiger partial charge in [-0.3, -0.25) is 4.79 Å². The highest BCUT2D eigenvalue weighted by Crippen LogP contribution is 2.26. The van der Waals surface area contributed by atoms with E-state index in [2.05, 4.69) is 0 Å². The fourth-order valence-electron chi connectivity index (χ4n) is 2.31. The number of hydrogen-bond donors (Lipinski definition) is 1. The highest BCUT2D eigenvalue weighted by atomic mass is 16.2. The number of nitrogens with two attached hydrogens (primary N) is 1. The van der Waals surface area contributed by atoms with Crippen LogP contribution < -0.4 is 5.73 Å². The summed E-state index contributed by atoms with van der Waals surface area (Å²) in [6.45, 7) is 2.62. The van der Waals surface area contributed by atoms with E-state index in [1.54, 1.807) is 11.8 Å². The highest BCUT2D eigenvalue weighted by molar-refractivity contribution is 5.80. The zero-order valence-corrected chi connectivity index (χ0v) is 10.0. The van der Waals surface area contributed by atoms with Crippen LogP contribution in [0, 0.1) is 5.92 Å². The van der Waals surface area contributed by atoms with Gasteiger partial charge in [-0.15, -0.1) is 0 Å². The smallest absolute Gasteiger partial charge is 0.238 e. The van der Waals surface area contributed by atoms with Crippen molar-refractivity contribution < 1.29 is 4.79 Å². The third kappa shape index (κ3) is 4.20. The maximum absolute atomic E-state index is 11.5. The minimum absolute atomic E-state index is 0.0609. The van der Waals surface area contributed by atoms with Crippen LogP contribution in [0.3, 0.4) is 0 Å². The molecular weight excluding hydrogens is 188 g/mol. The molecule has 2 N–H and O–H groups in total. The summed E-state index contributed by atoms with van der Waals surface area (Å²) < 4.78 is 0. The molecule has 0 bridgehead atoms. The summed E-state index contributed by atoms with van der Waals surface area (Å²) in [5.74, 6) is 0.896. The number of rotatable bonds is 4. The molecule has 1 atom stereocenters. The Morgan fingerprint density at radius 1 is 1.40 bits per heavy atom. The maximum atomic E-state index is 11.5. The molecule has 1 rings (SSSR count). The van der Waals surface area contributed by atoms with E-state index in [1.807, 2.05) is 7.05 Å². The van der Waals surface area contributed by atoms with Gasteiger partial charge in [0.1, 0.15) is 0 Å². The molecule has 0 aromatic rings. The van der Waals surface area contributed by atoms with Crippen LogP contribution in [-0.2, 0) is 4.79 Å². The molecule has 1 aliphatic rings. The highest BCUT2D eigenvalue weighted by Gasteiger charge is 2.17. The van der Waals surface area contributed by atoms with Crippen LogP contribution in [0.5, 0.6) is 0 Å². The number of carbonyl (C=O) groups excluding carboxylic acids is 1. The number of nitrogens with zero attached hydrogens (tertiary/aromatic N) is 1. The van der Waals surface area contributed by atoms with Crippen LogP contribution >= 0.6 is 0 Å². The van der Waals surface area contributed by atoms with Crippen molar-refractivity contribution >= 4 is 5.91 Å². The zero-order chi connectivity index (χ0) is 11.3. The average Bonchev–Trinajstić information content (AvgIpc) is 2.26. The van der Waals surface area contributed by atoms with Gasteiger partial charge in [-0.25, -0.2) is 0 Å². The summed E-state index contributed by atoms with van der Waals surface area (Å²) in [6, 6.07) is -0.360. The Bertz CT molecular complexity index is 198. The van der Waals surface area contributed by atoms with Crippen molar-refractivity contribution in [1.82, 2.24) is 4.90 Å². The molecule has 0 aromatic heterocycles. The van der Waals surface area contributed by atoms with Gasteiger partial charge < -0.3 is 10.6 Å². The number of amides is 1. The van der Waals surface area contributed by atoms with Crippen LogP contribution in [-0.4, -0.2) is 30.4 Å². The molecule has 3 heteroatoms. The fraction of sp³-hybridized carbons (Fsp3) is 0.917. The molecule has 1 amide bonds. The van der Waals surface area contributed by atoms with Crippen LogP contribution in [0.4, 0.5) is 0 Å². The van der Waals surface area contributed by atoms with Crippen molar-refractivity contribution in [3.8, 4) is 0 Å². The Labute approximate surface area is 93.0 Å². The van der Waals surface area contributed by atoms with Gasteiger partial charge in [0.05, 0.1) is 6.04 Å². The summed E-state index contributed by atoms with van der Waals surface area (Å²) in [5, 5.41) is 0. The SMILES string of the molecule is C[C@H](N)C(=O)N(C)CCC1CCCCC1. The summed E-state index contributed by atoms with van der Waals surface area (Å²) in [6.07, 6.45) is 7.98. The molecule has 0 aromatic carbocycles. The fourth-order valence-corrected chi connectivity index (χ4v) is 2.31. The third-order valence-corrected chi connectivity index (χ3v) is 3.36. The Morgan fingerprint density at radius 3 is 2.53 bits per heavy atom. The van der Waals surface area contributed by atoms with E-state index in [4.69, 9.17) is 5.73 Å². The first-order valence-electron chi connectivity index (χ1n) is 6.12. The summed E-state index contributed by atoms with van der Waals surface area (Å²) >= 11 is 0. The van der Waals surface area contributed by atoms with E-state index >= 15 is 0 Å². The van der Waals surface area contributed by atoms with Crippen LogP contribution in [0.1, 0.15) is 45.4 Å². The lowest BCUT2D eigenvalue weighted by Crippen LogP contribution is -2.40. The first kappa shape index (κ1) is 12.5. The van der Waals surface area contributed by atoms with Crippen molar-refractivity contribution in [3.05, 3.63) is 0 Å². The van der Waals surface area contributed by atoms with Crippen molar-refractivity contribution in [2.45, 2.75) is 51.5 Å². The third-order valence-electron chi connectivity index (χ3n) is 3.36. The van der Waals surface area contributed by atoms with Gasteiger partial charge in [-0.1, -0.05) is 32.1 Å². The molecule has 0 heterocycles. The van der Waals surface area contributed by atoms with E-state index in [0.29, 0.717) is 0 Å². The van der Waals surface area contributed by atoms with Gasteiger partial charge >= 0.3 is 0 Å². The largest absolute Gasteiger partial charge is 0.344 e. The predicted molar refractivity (Wildman–Crippen MR) is 62.5 cm³/mol. The minimum atomic E-state index is -0.360. The molecule has 15 heavy (non-hydrogen) atoms. The molecule has 0 radical (unpaired) electrons. The van der Waals surface area contributed by atoms with Gasteiger partial charge in [-0.05, 0) is 19.3 Å². The van der Waals surface area contributed by atoms with Gasteiger partial charge in [0.25, 0.3) is 0 Å². The van der Waals surface area contributed by atoms with E-state index in [0.717, 1.165) is 18.9 Å². The minimum Gasteiger partial charge on any atom is -0.344 e. The maximum Gasteiger partial charge on any atom is 0.238 e. The van der Waals surface area contributed by atoms with Gasteiger partial charge in [-0.2, -0.15) is 0 Å². The number of carbonyl (C=O) groups is 1. The molecule has 0 spiro atoms. The second-order valence-corrected chi connectivity index (χ2v) is 4.84. The average molecular weight is 212 g/mol.